The van der Waals surface area contributed by atoms with Crippen LogP contribution in [-0.2, 0) is 16.1 Å². The third-order valence-electron chi connectivity index (χ3n) is 5.16. The number of carbonyl (C=O) groups is 1. The van der Waals surface area contributed by atoms with E-state index in [2.05, 4.69) is 29.8 Å². The molecule has 5 nitrogen and oxygen atoms in total. The Bertz CT molecular complexity index is 850. The molecule has 2 aromatic rings. The number of rotatable bonds is 4. The van der Waals surface area contributed by atoms with Gasteiger partial charge in [-0.05, 0) is 30.6 Å². The summed E-state index contributed by atoms with van der Waals surface area (Å²) in [4.78, 5) is 17.1. The van der Waals surface area contributed by atoms with E-state index < -0.39 is 0 Å². The summed E-state index contributed by atoms with van der Waals surface area (Å²) in [5, 5.41) is 1.17. The maximum atomic E-state index is 11.9. The SMILES string of the molecule is C=C(c1[nH]c2ccccc2c1COC)C1CCN(C(=O)OC)C/C1=C/C. The van der Waals surface area contributed by atoms with E-state index >= 15 is 0 Å². The van der Waals surface area contributed by atoms with Gasteiger partial charge in [-0.2, -0.15) is 0 Å². The highest BCUT2D eigenvalue weighted by Gasteiger charge is 2.30. The Morgan fingerprint density at radius 3 is 2.85 bits per heavy atom. The van der Waals surface area contributed by atoms with Gasteiger partial charge in [-0.1, -0.05) is 30.9 Å². The first-order chi connectivity index (χ1) is 12.6. The van der Waals surface area contributed by atoms with E-state index in [1.807, 2.05) is 19.1 Å². The van der Waals surface area contributed by atoms with Crippen molar-refractivity contribution in [2.24, 2.45) is 5.92 Å². The number of fused-ring (bicyclic) bond motifs is 1. The molecular formula is C21H26N2O3. The number of para-hydroxylation sites is 1. The Labute approximate surface area is 154 Å². The summed E-state index contributed by atoms with van der Waals surface area (Å²) in [6.45, 7) is 8.19. The fourth-order valence-electron chi connectivity index (χ4n) is 3.80. The Balaban J connectivity index is 1.93. The van der Waals surface area contributed by atoms with Crippen molar-refractivity contribution < 1.29 is 14.3 Å². The molecule has 138 valence electrons. The van der Waals surface area contributed by atoms with Crippen LogP contribution in [0, 0.1) is 5.92 Å². The second kappa shape index (κ2) is 7.79. The summed E-state index contributed by atoms with van der Waals surface area (Å²) in [6, 6.07) is 8.23. The number of allylic oxidation sites excluding steroid dienone is 2. The summed E-state index contributed by atoms with van der Waals surface area (Å²) in [5.41, 5.74) is 5.51. The molecule has 0 bridgehead atoms. The van der Waals surface area contributed by atoms with E-state index in [0.717, 1.165) is 28.8 Å². The topological polar surface area (TPSA) is 54.6 Å². The molecule has 3 rings (SSSR count). The van der Waals surface area contributed by atoms with Crippen molar-refractivity contribution >= 4 is 22.6 Å². The van der Waals surface area contributed by atoms with E-state index in [1.54, 1.807) is 12.0 Å². The van der Waals surface area contributed by atoms with Crippen molar-refractivity contribution in [2.45, 2.75) is 20.0 Å². The van der Waals surface area contributed by atoms with Gasteiger partial charge in [0.2, 0.25) is 0 Å². The average Bonchev–Trinajstić information content (AvgIpc) is 3.05. The lowest BCUT2D eigenvalue weighted by atomic mass is 9.83. The summed E-state index contributed by atoms with van der Waals surface area (Å²) in [6.07, 6.45) is 2.64. The minimum atomic E-state index is -0.279. The zero-order valence-corrected chi connectivity index (χ0v) is 15.7. The number of amides is 1. The number of piperidine rings is 1. The van der Waals surface area contributed by atoms with E-state index in [-0.39, 0.29) is 12.0 Å². The van der Waals surface area contributed by atoms with Crippen molar-refractivity contribution in [3.05, 3.63) is 53.8 Å². The molecule has 5 heteroatoms. The molecule has 1 aliphatic rings. The van der Waals surface area contributed by atoms with Crippen molar-refractivity contribution in [3.8, 4) is 0 Å². The highest BCUT2D eigenvalue weighted by atomic mass is 16.5. The lowest BCUT2D eigenvalue weighted by Gasteiger charge is -2.34. The van der Waals surface area contributed by atoms with Gasteiger partial charge in [0.1, 0.15) is 0 Å². The molecule has 1 aromatic carbocycles. The van der Waals surface area contributed by atoms with E-state index in [1.165, 1.54) is 18.1 Å². The molecule has 1 saturated heterocycles. The first-order valence-electron chi connectivity index (χ1n) is 8.86. The fraction of sp³-hybridized carbons (Fsp3) is 0.381. The number of methoxy groups -OCH3 is 2. The minimum Gasteiger partial charge on any atom is -0.453 e. The molecule has 1 amide bonds. The normalized spacial score (nSPS) is 19.1. The van der Waals surface area contributed by atoms with Gasteiger partial charge >= 0.3 is 6.09 Å². The summed E-state index contributed by atoms with van der Waals surface area (Å²) < 4.78 is 10.3. The molecule has 1 atom stereocenters. The molecule has 1 aliphatic heterocycles. The molecular weight excluding hydrogens is 328 g/mol. The van der Waals surface area contributed by atoms with Crippen LogP contribution in [0.1, 0.15) is 24.6 Å². The highest BCUT2D eigenvalue weighted by molar-refractivity contribution is 5.89. The van der Waals surface area contributed by atoms with Gasteiger partial charge in [0.05, 0.1) is 13.7 Å². The van der Waals surface area contributed by atoms with Crippen LogP contribution in [0.2, 0.25) is 0 Å². The van der Waals surface area contributed by atoms with Crippen LogP contribution in [-0.4, -0.2) is 43.3 Å². The largest absolute Gasteiger partial charge is 0.453 e. The van der Waals surface area contributed by atoms with Crippen LogP contribution in [0.3, 0.4) is 0 Å². The van der Waals surface area contributed by atoms with Crippen LogP contribution < -0.4 is 0 Å². The number of benzene rings is 1. The Morgan fingerprint density at radius 1 is 1.38 bits per heavy atom. The van der Waals surface area contributed by atoms with Crippen molar-refractivity contribution in [1.29, 1.82) is 0 Å². The number of likely N-dealkylation sites (tertiary alicyclic amines) is 1. The number of aromatic amines is 1. The maximum absolute atomic E-state index is 11.9. The first-order valence-corrected chi connectivity index (χ1v) is 8.86. The van der Waals surface area contributed by atoms with E-state index in [9.17, 15) is 4.79 Å². The van der Waals surface area contributed by atoms with Gasteiger partial charge in [-0.15, -0.1) is 0 Å². The van der Waals surface area contributed by atoms with Crippen molar-refractivity contribution in [1.82, 2.24) is 9.88 Å². The standard InChI is InChI=1S/C21H26N2O3/c1-5-15-12-23(21(24)26-4)11-10-16(15)14(2)20-18(13-25-3)17-8-6-7-9-19(17)22-20/h5-9,16,22H,2,10-13H2,1,3-4H3/b15-5-. The van der Waals surface area contributed by atoms with E-state index in [4.69, 9.17) is 9.47 Å². The number of nitrogens with zero attached hydrogens (tertiary/aromatic N) is 1. The lowest BCUT2D eigenvalue weighted by Crippen LogP contribution is -2.40. The first kappa shape index (κ1) is 18.3. The average molecular weight is 354 g/mol. The zero-order chi connectivity index (χ0) is 18.7. The molecule has 1 unspecified atom stereocenters. The Morgan fingerprint density at radius 2 is 2.15 bits per heavy atom. The number of nitrogens with one attached hydrogen (secondary N) is 1. The molecule has 2 heterocycles. The molecule has 26 heavy (non-hydrogen) atoms. The highest BCUT2D eigenvalue weighted by Crippen LogP contribution is 2.37. The fourth-order valence-corrected chi connectivity index (χ4v) is 3.80. The smallest absolute Gasteiger partial charge is 0.409 e. The Hall–Kier alpha value is -2.53. The minimum absolute atomic E-state index is 0.199. The van der Waals surface area contributed by atoms with Gasteiger partial charge in [-0.25, -0.2) is 4.79 Å². The van der Waals surface area contributed by atoms with Gasteiger partial charge in [-0.3, -0.25) is 0 Å². The number of carbonyl (C=O) groups excluding carboxylic acids is 1. The third kappa shape index (κ3) is 3.27. The van der Waals surface area contributed by atoms with Gasteiger partial charge < -0.3 is 19.4 Å². The second-order valence-electron chi connectivity index (χ2n) is 6.58. The van der Waals surface area contributed by atoms with Crippen molar-refractivity contribution in [3.63, 3.8) is 0 Å². The number of hydrogen-bond donors (Lipinski definition) is 1. The molecule has 0 saturated carbocycles. The number of aromatic nitrogens is 1. The number of ether oxygens (including phenoxy) is 2. The quantitative estimate of drug-likeness (QED) is 0.830. The van der Waals surface area contributed by atoms with Gasteiger partial charge in [0.15, 0.2) is 0 Å². The third-order valence-corrected chi connectivity index (χ3v) is 5.16. The molecule has 1 fully saturated rings. The van der Waals surface area contributed by atoms with Crippen LogP contribution in [0.4, 0.5) is 4.79 Å². The summed E-state index contributed by atoms with van der Waals surface area (Å²) >= 11 is 0. The predicted molar refractivity (Wildman–Crippen MR) is 104 cm³/mol. The maximum Gasteiger partial charge on any atom is 0.409 e. The van der Waals surface area contributed by atoms with Crippen LogP contribution in [0.5, 0.6) is 0 Å². The number of hydrogen-bond acceptors (Lipinski definition) is 3. The van der Waals surface area contributed by atoms with Gasteiger partial charge in [0, 0.05) is 48.3 Å². The molecule has 1 N–H and O–H groups in total. The lowest BCUT2D eigenvalue weighted by molar-refractivity contribution is 0.120. The van der Waals surface area contributed by atoms with Crippen LogP contribution in [0.25, 0.3) is 16.5 Å². The van der Waals surface area contributed by atoms with Crippen LogP contribution in [0.15, 0.2) is 42.5 Å². The van der Waals surface area contributed by atoms with Crippen molar-refractivity contribution in [2.75, 3.05) is 27.3 Å². The second-order valence-corrected chi connectivity index (χ2v) is 6.58. The summed E-state index contributed by atoms with van der Waals surface area (Å²) in [7, 11) is 3.13. The monoisotopic (exact) mass is 354 g/mol. The zero-order valence-electron chi connectivity index (χ0n) is 15.7. The predicted octanol–water partition coefficient (Wildman–Crippen LogP) is 4.36. The van der Waals surface area contributed by atoms with Crippen LogP contribution >= 0.6 is 0 Å². The Kier molecular flexibility index (Phi) is 5.47. The summed E-state index contributed by atoms with van der Waals surface area (Å²) in [5.74, 6) is 0.199. The number of H-pyrrole nitrogens is 1. The molecule has 1 aromatic heterocycles. The van der Waals surface area contributed by atoms with E-state index in [0.29, 0.717) is 19.7 Å². The van der Waals surface area contributed by atoms with Gasteiger partial charge in [0.25, 0.3) is 0 Å². The molecule has 0 radical (unpaired) electrons. The molecule has 0 aliphatic carbocycles. The molecule has 0 spiro atoms.